The first kappa shape index (κ1) is 14.5. The van der Waals surface area contributed by atoms with E-state index in [0.717, 1.165) is 26.1 Å². The summed E-state index contributed by atoms with van der Waals surface area (Å²) in [5, 5.41) is 3.66. The molecule has 1 aromatic heterocycles. The number of pyridine rings is 1. The number of aryl methyl sites for hydroxylation is 1. The first-order valence-electron chi connectivity index (χ1n) is 7.72. The lowest BCUT2D eigenvalue weighted by atomic mass is 10.1. The van der Waals surface area contributed by atoms with Crippen molar-refractivity contribution in [3.8, 4) is 0 Å². The van der Waals surface area contributed by atoms with Crippen molar-refractivity contribution in [2.24, 2.45) is 0 Å². The van der Waals surface area contributed by atoms with Gasteiger partial charge >= 0.3 is 0 Å². The first-order valence-corrected chi connectivity index (χ1v) is 7.72. The lowest BCUT2D eigenvalue weighted by Gasteiger charge is -2.24. The van der Waals surface area contributed by atoms with Crippen molar-refractivity contribution in [3.05, 3.63) is 29.6 Å². The van der Waals surface area contributed by atoms with E-state index in [0.29, 0.717) is 6.04 Å². The summed E-state index contributed by atoms with van der Waals surface area (Å²) in [6, 6.07) is 4.91. The van der Waals surface area contributed by atoms with Gasteiger partial charge in [-0.25, -0.2) is 0 Å². The molecule has 1 aliphatic rings. The Morgan fingerprint density at radius 1 is 1.42 bits per heavy atom. The summed E-state index contributed by atoms with van der Waals surface area (Å²) < 4.78 is 0. The molecule has 2 rings (SSSR count). The SMILES string of the molecule is CCCC1CN(Cc2ncccc2CC)CCCN1. The molecular formula is C16H27N3. The van der Waals surface area contributed by atoms with Crippen LogP contribution in [-0.4, -0.2) is 35.6 Å². The van der Waals surface area contributed by atoms with Gasteiger partial charge in [-0.1, -0.05) is 26.3 Å². The van der Waals surface area contributed by atoms with E-state index in [1.165, 1.54) is 37.1 Å². The maximum Gasteiger partial charge on any atom is 0.0575 e. The Labute approximate surface area is 117 Å². The molecule has 0 aliphatic carbocycles. The number of aromatic nitrogens is 1. The Morgan fingerprint density at radius 3 is 3.11 bits per heavy atom. The molecule has 1 atom stereocenters. The average Bonchev–Trinajstić information content (AvgIpc) is 2.65. The molecule has 1 saturated heterocycles. The van der Waals surface area contributed by atoms with Gasteiger partial charge in [0, 0.05) is 25.3 Å². The van der Waals surface area contributed by atoms with Crippen molar-refractivity contribution in [2.45, 2.75) is 52.1 Å². The summed E-state index contributed by atoms with van der Waals surface area (Å²) in [5.41, 5.74) is 2.66. The first-order chi connectivity index (χ1) is 9.33. The van der Waals surface area contributed by atoms with E-state index >= 15 is 0 Å². The summed E-state index contributed by atoms with van der Waals surface area (Å²) in [5.74, 6) is 0. The van der Waals surface area contributed by atoms with Crippen LogP contribution in [0.3, 0.4) is 0 Å². The van der Waals surface area contributed by atoms with Gasteiger partial charge in [0.1, 0.15) is 0 Å². The topological polar surface area (TPSA) is 28.2 Å². The van der Waals surface area contributed by atoms with E-state index < -0.39 is 0 Å². The van der Waals surface area contributed by atoms with Crippen LogP contribution in [0.15, 0.2) is 18.3 Å². The van der Waals surface area contributed by atoms with Crippen LogP contribution in [0.2, 0.25) is 0 Å². The molecule has 1 fully saturated rings. The maximum absolute atomic E-state index is 4.58. The molecule has 0 bridgehead atoms. The van der Waals surface area contributed by atoms with E-state index in [9.17, 15) is 0 Å². The van der Waals surface area contributed by atoms with Crippen LogP contribution >= 0.6 is 0 Å². The molecule has 106 valence electrons. The molecule has 0 spiro atoms. The molecule has 0 aromatic carbocycles. The molecule has 19 heavy (non-hydrogen) atoms. The highest BCUT2D eigenvalue weighted by atomic mass is 15.2. The van der Waals surface area contributed by atoms with Crippen molar-refractivity contribution >= 4 is 0 Å². The average molecular weight is 261 g/mol. The quantitative estimate of drug-likeness (QED) is 0.883. The Kier molecular flexibility index (Phi) is 5.80. The smallest absolute Gasteiger partial charge is 0.0575 e. The minimum absolute atomic E-state index is 0.654. The molecule has 1 aromatic rings. The van der Waals surface area contributed by atoms with Crippen LogP contribution in [0.25, 0.3) is 0 Å². The highest BCUT2D eigenvalue weighted by Crippen LogP contribution is 2.13. The van der Waals surface area contributed by atoms with Gasteiger partial charge in [-0.15, -0.1) is 0 Å². The van der Waals surface area contributed by atoms with Gasteiger partial charge < -0.3 is 5.32 Å². The Hall–Kier alpha value is -0.930. The summed E-state index contributed by atoms with van der Waals surface area (Å²) in [4.78, 5) is 7.15. The molecule has 0 radical (unpaired) electrons. The van der Waals surface area contributed by atoms with Crippen LogP contribution < -0.4 is 5.32 Å². The molecule has 0 amide bonds. The van der Waals surface area contributed by atoms with Crippen molar-refractivity contribution in [1.82, 2.24) is 15.2 Å². The third kappa shape index (κ3) is 4.29. The highest BCUT2D eigenvalue weighted by molar-refractivity contribution is 5.19. The van der Waals surface area contributed by atoms with Crippen LogP contribution in [-0.2, 0) is 13.0 Å². The fourth-order valence-electron chi connectivity index (χ4n) is 2.91. The van der Waals surface area contributed by atoms with Gasteiger partial charge in [-0.2, -0.15) is 0 Å². The summed E-state index contributed by atoms with van der Waals surface area (Å²) in [6.07, 6.45) is 6.78. The highest BCUT2D eigenvalue weighted by Gasteiger charge is 2.18. The fourth-order valence-corrected chi connectivity index (χ4v) is 2.91. The second kappa shape index (κ2) is 7.61. The third-order valence-electron chi connectivity index (χ3n) is 3.94. The molecule has 3 nitrogen and oxygen atoms in total. The zero-order valence-electron chi connectivity index (χ0n) is 12.4. The molecule has 2 heterocycles. The summed E-state index contributed by atoms with van der Waals surface area (Å²) >= 11 is 0. The van der Waals surface area contributed by atoms with Crippen molar-refractivity contribution in [2.75, 3.05) is 19.6 Å². The van der Waals surface area contributed by atoms with Crippen LogP contribution in [0, 0.1) is 0 Å². The van der Waals surface area contributed by atoms with E-state index in [2.05, 4.69) is 35.1 Å². The largest absolute Gasteiger partial charge is 0.313 e. The van der Waals surface area contributed by atoms with Gasteiger partial charge in [-0.3, -0.25) is 9.88 Å². The number of hydrogen-bond donors (Lipinski definition) is 1. The van der Waals surface area contributed by atoms with E-state index in [-0.39, 0.29) is 0 Å². The van der Waals surface area contributed by atoms with Crippen molar-refractivity contribution < 1.29 is 0 Å². The molecule has 1 unspecified atom stereocenters. The second-order valence-electron chi connectivity index (χ2n) is 5.49. The van der Waals surface area contributed by atoms with Gasteiger partial charge in [0.15, 0.2) is 0 Å². The number of hydrogen-bond acceptors (Lipinski definition) is 3. The maximum atomic E-state index is 4.58. The summed E-state index contributed by atoms with van der Waals surface area (Å²) in [6.45, 7) is 8.99. The Bertz CT molecular complexity index is 378. The van der Waals surface area contributed by atoms with Crippen molar-refractivity contribution in [3.63, 3.8) is 0 Å². The van der Waals surface area contributed by atoms with E-state index in [1.807, 2.05) is 12.3 Å². The Morgan fingerprint density at radius 2 is 2.32 bits per heavy atom. The van der Waals surface area contributed by atoms with Gasteiger partial charge in [-0.05, 0) is 44.0 Å². The van der Waals surface area contributed by atoms with Gasteiger partial charge in [0.25, 0.3) is 0 Å². The number of rotatable bonds is 5. The fraction of sp³-hybridized carbons (Fsp3) is 0.688. The van der Waals surface area contributed by atoms with Crippen LogP contribution in [0.1, 0.15) is 44.4 Å². The van der Waals surface area contributed by atoms with Gasteiger partial charge in [0.2, 0.25) is 0 Å². The molecule has 1 N–H and O–H groups in total. The number of nitrogens with one attached hydrogen (secondary N) is 1. The molecule has 1 aliphatic heterocycles. The van der Waals surface area contributed by atoms with E-state index in [1.54, 1.807) is 0 Å². The zero-order valence-corrected chi connectivity index (χ0v) is 12.4. The lowest BCUT2D eigenvalue weighted by Crippen LogP contribution is -2.37. The summed E-state index contributed by atoms with van der Waals surface area (Å²) in [7, 11) is 0. The predicted octanol–water partition coefficient (Wildman–Crippen LogP) is 2.61. The lowest BCUT2D eigenvalue weighted by molar-refractivity contribution is 0.251. The van der Waals surface area contributed by atoms with Crippen LogP contribution in [0.4, 0.5) is 0 Å². The predicted molar refractivity (Wildman–Crippen MR) is 80.2 cm³/mol. The third-order valence-corrected chi connectivity index (χ3v) is 3.94. The molecule has 0 saturated carbocycles. The standard InChI is InChI=1S/C16H27N3/c1-3-7-15-12-19(11-6-10-17-15)13-16-14(4-2)8-5-9-18-16/h5,8-9,15,17H,3-4,6-7,10-13H2,1-2H3. The number of nitrogens with zero attached hydrogens (tertiary/aromatic N) is 2. The molecular weight excluding hydrogens is 234 g/mol. The van der Waals surface area contributed by atoms with Crippen LogP contribution in [0.5, 0.6) is 0 Å². The Balaban J connectivity index is 2.00. The molecule has 3 heteroatoms. The van der Waals surface area contributed by atoms with E-state index in [4.69, 9.17) is 0 Å². The minimum Gasteiger partial charge on any atom is -0.313 e. The second-order valence-corrected chi connectivity index (χ2v) is 5.49. The van der Waals surface area contributed by atoms with Crippen molar-refractivity contribution in [1.29, 1.82) is 0 Å². The normalized spacial score (nSPS) is 21.3. The minimum atomic E-state index is 0.654. The monoisotopic (exact) mass is 261 g/mol. The zero-order chi connectivity index (χ0) is 13.5. The van der Waals surface area contributed by atoms with Gasteiger partial charge in [0.05, 0.1) is 5.69 Å².